The fraction of sp³-hybridized carbons (Fsp3) is 0.152. The zero-order valence-corrected chi connectivity index (χ0v) is 23.6. The van der Waals surface area contributed by atoms with Crippen LogP contribution >= 0.6 is 0 Å². The first-order valence-electron chi connectivity index (χ1n) is 13.2. The van der Waals surface area contributed by atoms with Crippen molar-refractivity contribution in [3.05, 3.63) is 126 Å². The van der Waals surface area contributed by atoms with Crippen LogP contribution in [0.5, 0.6) is 0 Å². The highest BCUT2D eigenvalue weighted by atomic mass is 19.1. The van der Waals surface area contributed by atoms with Crippen molar-refractivity contribution in [3.63, 3.8) is 0 Å². The molecule has 5 aromatic rings. The van der Waals surface area contributed by atoms with Gasteiger partial charge in [-0.2, -0.15) is 13.8 Å². The fourth-order valence-corrected chi connectivity index (χ4v) is 4.64. The number of anilines is 4. The molecule has 0 saturated heterocycles. The summed E-state index contributed by atoms with van der Waals surface area (Å²) in [5, 5.41) is 9.93. The molecule has 1 N–H and O–H groups in total. The molecule has 2 aromatic carbocycles. The molecule has 0 atom stereocenters. The van der Waals surface area contributed by atoms with E-state index in [-0.39, 0.29) is 17.0 Å². The maximum absolute atomic E-state index is 14.9. The Labute approximate surface area is 242 Å². The van der Waals surface area contributed by atoms with E-state index in [9.17, 15) is 18.7 Å². The van der Waals surface area contributed by atoms with Crippen LogP contribution in [0.1, 0.15) is 35.7 Å². The molecule has 3 aromatic heterocycles. The minimum Gasteiger partial charge on any atom is -0.477 e. The Morgan fingerprint density at radius 2 is 1.21 bits per heavy atom. The van der Waals surface area contributed by atoms with Crippen molar-refractivity contribution in [2.24, 2.45) is 0 Å². The first-order valence-corrected chi connectivity index (χ1v) is 13.2. The van der Waals surface area contributed by atoms with Crippen LogP contribution in [0.3, 0.4) is 0 Å². The average molecular weight is 566 g/mol. The second kappa shape index (κ2) is 11.4. The van der Waals surface area contributed by atoms with E-state index in [0.29, 0.717) is 22.8 Å². The van der Waals surface area contributed by atoms with E-state index in [1.807, 2.05) is 111 Å². The first-order chi connectivity index (χ1) is 20.0. The lowest BCUT2D eigenvalue weighted by Gasteiger charge is -2.29. The first kappa shape index (κ1) is 28.4. The van der Waals surface area contributed by atoms with Crippen LogP contribution in [0.15, 0.2) is 97.1 Å². The molecule has 0 unspecified atom stereocenters. The van der Waals surface area contributed by atoms with Crippen molar-refractivity contribution < 1.29 is 18.7 Å². The number of carbonyl (C=O) groups is 1. The molecule has 3 heterocycles. The molecule has 0 saturated carbocycles. The number of carboxylic acids is 1. The molecule has 0 aliphatic carbocycles. The normalized spacial score (nSPS) is 11.3. The topological polar surface area (TPSA) is 82.5 Å². The molecule has 0 radical (unpaired) electrons. The van der Waals surface area contributed by atoms with Crippen LogP contribution < -0.4 is 9.80 Å². The van der Waals surface area contributed by atoms with Crippen LogP contribution in [0.2, 0.25) is 0 Å². The summed E-state index contributed by atoms with van der Waals surface area (Å²) in [6.45, 7) is 3.76. The van der Waals surface area contributed by atoms with Crippen LogP contribution in [0.25, 0.3) is 11.3 Å². The predicted molar refractivity (Wildman–Crippen MR) is 160 cm³/mol. The van der Waals surface area contributed by atoms with Gasteiger partial charge < -0.3 is 14.9 Å². The largest absolute Gasteiger partial charge is 0.477 e. The average Bonchev–Trinajstić information content (AvgIpc) is 3.00. The third-order valence-electron chi connectivity index (χ3n) is 7.27. The van der Waals surface area contributed by atoms with E-state index < -0.39 is 23.3 Å². The minimum atomic E-state index is -1.17. The number of para-hydroxylation sites is 2. The van der Waals surface area contributed by atoms with Crippen molar-refractivity contribution >= 4 is 28.7 Å². The van der Waals surface area contributed by atoms with Gasteiger partial charge in [0.05, 0.1) is 22.6 Å². The highest BCUT2D eigenvalue weighted by molar-refractivity contribution is 5.87. The molecule has 0 spiro atoms. The van der Waals surface area contributed by atoms with Gasteiger partial charge in [0.25, 0.3) is 0 Å². The lowest BCUT2D eigenvalue weighted by molar-refractivity contribution is 0.0690. The zero-order chi connectivity index (χ0) is 30.0. The number of aromatic carboxylic acids is 1. The number of halogens is 2. The molecule has 5 rings (SSSR count). The van der Waals surface area contributed by atoms with Crippen molar-refractivity contribution in [2.75, 3.05) is 23.9 Å². The summed E-state index contributed by atoms with van der Waals surface area (Å²) in [6.07, 6.45) is 0. The fourth-order valence-electron chi connectivity index (χ4n) is 4.64. The van der Waals surface area contributed by atoms with Gasteiger partial charge in [0.15, 0.2) is 5.69 Å². The second-order valence-electron chi connectivity index (χ2n) is 10.4. The summed E-state index contributed by atoms with van der Waals surface area (Å²) in [5.41, 5.74) is 3.25. The molecule has 0 amide bonds. The van der Waals surface area contributed by atoms with Gasteiger partial charge in [0.2, 0.25) is 11.9 Å². The van der Waals surface area contributed by atoms with Crippen LogP contribution in [0, 0.1) is 11.9 Å². The summed E-state index contributed by atoms with van der Waals surface area (Å²) in [6, 6.07) is 28.5. The number of aromatic nitrogens is 3. The Kier molecular flexibility index (Phi) is 7.67. The van der Waals surface area contributed by atoms with Crippen LogP contribution in [-0.2, 0) is 5.41 Å². The van der Waals surface area contributed by atoms with E-state index in [0.717, 1.165) is 17.4 Å². The third-order valence-corrected chi connectivity index (χ3v) is 7.27. The smallest absolute Gasteiger partial charge is 0.354 e. The van der Waals surface area contributed by atoms with Crippen LogP contribution in [0.4, 0.5) is 31.5 Å². The van der Waals surface area contributed by atoms with E-state index in [2.05, 4.69) is 9.97 Å². The molecule has 0 bridgehead atoms. The molecule has 0 aliphatic rings. The third kappa shape index (κ3) is 5.67. The van der Waals surface area contributed by atoms with Crippen molar-refractivity contribution in [3.8, 4) is 11.3 Å². The van der Waals surface area contributed by atoms with Gasteiger partial charge in [0.1, 0.15) is 0 Å². The summed E-state index contributed by atoms with van der Waals surface area (Å²) in [5.74, 6) is -3.08. The van der Waals surface area contributed by atoms with Crippen molar-refractivity contribution in [2.45, 2.75) is 19.3 Å². The van der Waals surface area contributed by atoms with Gasteiger partial charge in [0, 0.05) is 42.3 Å². The van der Waals surface area contributed by atoms with E-state index in [4.69, 9.17) is 4.98 Å². The number of rotatable bonds is 8. The molecular weight excluding hydrogens is 536 g/mol. The van der Waals surface area contributed by atoms with E-state index in [1.165, 1.54) is 12.1 Å². The molecule has 9 heteroatoms. The van der Waals surface area contributed by atoms with Crippen LogP contribution in [-0.4, -0.2) is 40.1 Å². The minimum absolute atomic E-state index is 0.0357. The highest BCUT2D eigenvalue weighted by Crippen LogP contribution is 2.37. The Bertz CT molecular complexity index is 1750. The second-order valence-corrected chi connectivity index (χ2v) is 10.4. The molecule has 42 heavy (non-hydrogen) atoms. The number of nitrogens with zero attached hydrogens (tertiary/aromatic N) is 5. The number of benzene rings is 2. The summed E-state index contributed by atoms with van der Waals surface area (Å²) >= 11 is 0. The lowest BCUT2D eigenvalue weighted by atomic mass is 9.83. The number of pyridine rings is 3. The SMILES string of the molecule is CN(c1ccccc1)c1cc(C(=O)O)nc(C(C)(C)c2cc(N(C)c3ccccc3)cc(-c3ccc(F)nc3F)n2)c1. The van der Waals surface area contributed by atoms with E-state index in [1.54, 1.807) is 6.07 Å². The van der Waals surface area contributed by atoms with Gasteiger partial charge in [-0.15, -0.1) is 0 Å². The van der Waals surface area contributed by atoms with Gasteiger partial charge in [-0.25, -0.2) is 9.78 Å². The standard InChI is InChI=1S/C33H29F2N5O2/c1-33(2,29-20-24(18-27(37-29)32(41)42)40(4)22-13-9-6-10-14-22)28-19-23(39(3)21-11-7-5-8-12-21)17-26(36-28)25-15-16-30(34)38-31(25)35/h5-20H,1-4H3,(H,41,42). The van der Waals surface area contributed by atoms with Gasteiger partial charge >= 0.3 is 5.97 Å². The van der Waals surface area contributed by atoms with Gasteiger partial charge in [-0.1, -0.05) is 36.4 Å². The van der Waals surface area contributed by atoms with Gasteiger partial charge in [-0.3, -0.25) is 4.98 Å². The molecular formula is C33H29F2N5O2. The number of hydrogen-bond acceptors (Lipinski definition) is 6. The predicted octanol–water partition coefficient (Wildman–Crippen LogP) is 7.38. The monoisotopic (exact) mass is 565 g/mol. The quantitative estimate of drug-likeness (QED) is 0.197. The van der Waals surface area contributed by atoms with Crippen molar-refractivity contribution in [1.29, 1.82) is 0 Å². The maximum atomic E-state index is 14.9. The summed E-state index contributed by atoms with van der Waals surface area (Å²) < 4.78 is 28.6. The zero-order valence-electron chi connectivity index (χ0n) is 23.6. The Hall–Kier alpha value is -5.18. The number of carboxylic acid groups (broad SMARTS) is 1. The molecule has 212 valence electrons. The Morgan fingerprint density at radius 3 is 1.74 bits per heavy atom. The summed E-state index contributed by atoms with van der Waals surface area (Å²) in [4.78, 5) is 28.6. The highest BCUT2D eigenvalue weighted by Gasteiger charge is 2.30. The van der Waals surface area contributed by atoms with E-state index >= 15 is 0 Å². The molecule has 0 aliphatic heterocycles. The molecule has 0 fully saturated rings. The maximum Gasteiger partial charge on any atom is 0.354 e. The Morgan fingerprint density at radius 1 is 0.690 bits per heavy atom. The number of hydrogen-bond donors (Lipinski definition) is 1. The van der Waals surface area contributed by atoms with Gasteiger partial charge in [-0.05, 0) is 74.5 Å². The Balaban J connectivity index is 1.69. The van der Waals surface area contributed by atoms with Crippen molar-refractivity contribution in [1.82, 2.24) is 15.0 Å². The molecule has 7 nitrogen and oxygen atoms in total. The lowest BCUT2D eigenvalue weighted by Crippen LogP contribution is -2.25. The summed E-state index contributed by atoms with van der Waals surface area (Å²) in [7, 11) is 3.73.